The Bertz CT molecular complexity index is 839. The highest BCUT2D eigenvalue weighted by atomic mass is 16.6. The van der Waals surface area contributed by atoms with E-state index < -0.39 is 35.8 Å². The number of aliphatic hydroxyl groups is 2. The second-order valence-electron chi connectivity index (χ2n) is 8.76. The summed E-state index contributed by atoms with van der Waals surface area (Å²) in [5.41, 5.74) is 0. The third kappa shape index (κ3) is 23.7. The molecule has 0 aliphatic rings. The van der Waals surface area contributed by atoms with E-state index in [1.165, 1.54) is 0 Å². The zero-order chi connectivity index (χ0) is 33.0. The van der Waals surface area contributed by atoms with Crippen molar-refractivity contribution < 1.29 is 67.4 Å². The van der Waals surface area contributed by atoms with Crippen LogP contribution in [0.3, 0.4) is 0 Å². The Balaban J connectivity index is 4.14. The van der Waals surface area contributed by atoms with Crippen molar-refractivity contribution in [2.45, 2.75) is 25.7 Å². The summed E-state index contributed by atoms with van der Waals surface area (Å²) in [6.45, 7) is 6.68. The van der Waals surface area contributed by atoms with E-state index in [2.05, 4.69) is 13.2 Å². The highest BCUT2D eigenvalue weighted by Gasteiger charge is 2.14. The summed E-state index contributed by atoms with van der Waals surface area (Å²) in [7, 11) is 0. The van der Waals surface area contributed by atoms with Gasteiger partial charge in [-0.2, -0.15) is 0 Å². The average Bonchev–Trinajstić information content (AvgIpc) is 3.01. The fourth-order valence-corrected chi connectivity index (χ4v) is 3.26. The van der Waals surface area contributed by atoms with E-state index >= 15 is 0 Å². The Labute approximate surface area is 256 Å². The van der Waals surface area contributed by atoms with Crippen LogP contribution in [0.25, 0.3) is 0 Å². The molecular weight excluding hydrogens is 588 g/mol. The molecule has 2 N–H and O–H groups in total. The molecule has 0 aromatic heterocycles. The molecule has 0 unspecified atom stereocenters. The van der Waals surface area contributed by atoms with Gasteiger partial charge < -0.3 is 38.6 Å². The van der Waals surface area contributed by atoms with E-state index in [0.29, 0.717) is 0 Å². The Kier molecular flexibility index (Phi) is 24.4. The second-order valence-corrected chi connectivity index (χ2v) is 8.76. The van der Waals surface area contributed by atoms with Crippen molar-refractivity contribution in [3.8, 4) is 0 Å². The Morgan fingerprint density at radius 3 is 0.932 bits per heavy atom. The van der Waals surface area contributed by atoms with Gasteiger partial charge in [0.05, 0.1) is 38.9 Å². The van der Waals surface area contributed by atoms with E-state index in [1.54, 1.807) is 9.80 Å². The number of carbonyl (C=O) groups excluding carboxylic acids is 6. The van der Waals surface area contributed by atoms with Gasteiger partial charge in [-0.3, -0.25) is 29.0 Å². The molecule has 16 heteroatoms. The lowest BCUT2D eigenvalue weighted by Crippen LogP contribution is -2.32. The van der Waals surface area contributed by atoms with Gasteiger partial charge in [0, 0.05) is 51.4 Å². The van der Waals surface area contributed by atoms with Gasteiger partial charge in [0.15, 0.2) is 0 Å². The average molecular weight is 633 g/mol. The topological polar surface area (TPSA) is 205 Å². The molecular formula is C28H44N2O14. The molecule has 0 radical (unpaired) electrons. The van der Waals surface area contributed by atoms with Crippen LogP contribution < -0.4 is 0 Å². The molecule has 0 fully saturated rings. The maximum absolute atomic E-state index is 12.0. The Morgan fingerprint density at radius 2 is 0.705 bits per heavy atom. The van der Waals surface area contributed by atoms with Crippen molar-refractivity contribution in [2.24, 2.45) is 0 Å². The molecule has 0 bridgehead atoms. The summed E-state index contributed by atoms with van der Waals surface area (Å²) in [5.74, 6) is -3.44. The lowest BCUT2D eigenvalue weighted by atomic mass is 10.3. The van der Waals surface area contributed by atoms with Gasteiger partial charge >= 0.3 is 35.8 Å². The monoisotopic (exact) mass is 632 g/mol. The molecule has 16 nitrogen and oxygen atoms in total. The third-order valence-corrected chi connectivity index (χ3v) is 5.49. The zero-order valence-electron chi connectivity index (χ0n) is 25.0. The SMILES string of the molecule is C=CC(=O)OCCOC(=O)CCN(CCO)CCC(=O)OCCOC(=O)CCN(CCO)CCC(=O)OCCOC(=O)C=C. The van der Waals surface area contributed by atoms with E-state index in [0.717, 1.165) is 12.2 Å². The second kappa shape index (κ2) is 26.7. The minimum Gasteiger partial charge on any atom is -0.462 e. The van der Waals surface area contributed by atoms with Gasteiger partial charge in [-0.15, -0.1) is 0 Å². The minimum atomic E-state index is -0.626. The molecule has 0 atom stereocenters. The molecule has 0 spiro atoms. The number of aliphatic hydroxyl groups excluding tert-OH is 2. The van der Waals surface area contributed by atoms with E-state index in [9.17, 15) is 39.0 Å². The summed E-state index contributed by atoms with van der Waals surface area (Å²) >= 11 is 0. The number of rotatable bonds is 27. The van der Waals surface area contributed by atoms with Crippen molar-refractivity contribution in [3.05, 3.63) is 25.3 Å². The first-order valence-electron chi connectivity index (χ1n) is 14.0. The first-order chi connectivity index (χ1) is 21.1. The van der Waals surface area contributed by atoms with Gasteiger partial charge in [0.1, 0.15) is 39.6 Å². The van der Waals surface area contributed by atoms with Gasteiger partial charge in [0.2, 0.25) is 0 Å². The number of carbonyl (C=O) groups is 6. The smallest absolute Gasteiger partial charge is 0.330 e. The fourth-order valence-electron chi connectivity index (χ4n) is 3.26. The minimum absolute atomic E-state index is 0.00472. The van der Waals surface area contributed by atoms with E-state index in [-0.39, 0.29) is 118 Å². The third-order valence-electron chi connectivity index (χ3n) is 5.49. The first-order valence-corrected chi connectivity index (χ1v) is 14.0. The number of hydrogen-bond donors (Lipinski definition) is 2. The predicted molar refractivity (Wildman–Crippen MR) is 152 cm³/mol. The summed E-state index contributed by atoms with van der Waals surface area (Å²) < 4.78 is 29.4. The van der Waals surface area contributed by atoms with E-state index in [1.807, 2.05) is 0 Å². The van der Waals surface area contributed by atoms with Crippen LogP contribution in [-0.2, 0) is 57.2 Å². The van der Waals surface area contributed by atoms with Crippen LogP contribution in [0.5, 0.6) is 0 Å². The van der Waals surface area contributed by atoms with Gasteiger partial charge in [-0.05, 0) is 0 Å². The Morgan fingerprint density at radius 1 is 0.455 bits per heavy atom. The molecule has 44 heavy (non-hydrogen) atoms. The predicted octanol–water partition coefficient (Wildman–Crippen LogP) is -1.23. The molecule has 0 aromatic rings. The first kappa shape index (κ1) is 40.1. The summed E-state index contributed by atoms with van der Waals surface area (Å²) in [6, 6.07) is 0. The molecule has 0 saturated carbocycles. The van der Waals surface area contributed by atoms with Crippen LogP contribution in [-0.4, -0.2) is 148 Å². The van der Waals surface area contributed by atoms with Crippen molar-refractivity contribution >= 4 is 35.8 Å². The van der Waals surface area contributed by atoms with Gasteiger partial charge in [-0.1, -0.05) is 13.2 Å². The lowest BCUT2D eigenvalue weighted by Gasteiger charge is -2.20. The number of esters is 6. The van der Waals surface area contributed by atoms with Crippen molar-refractivity contribution in [1.82, 2.24) is 9.80 Å². The highest BCUT2D eigenvalue weighted by molar-refractivity contribution is 5.81. The van der Waals surface area contributed by atoms with Gasteiger partial charge in [-0.25, -0.2) is 9.59 Å². The van der Waals surface area contributed by atoms with E-state index in [4.69, 9.17) is 28.4 Å². The highest BCUT2D eigenvalue weighted by Crippen LogP contribution is 2.00. The summed E-state index contributed by atoms with van der Waals surface area (Å²) in [6.07, 6.45) is 1.92. The molecule has 0 rings (SSSR count). The molecule has 250 valence electrons. The van der Waals surface area contributed by atoms with Crippen molar-refractivity contribution in [2.75, 3.05) is 92.1 Å². The standard InChI is InChI=1S/C28H44N2O14/c1-3-23(33)39-17-19-41-25(35)5-9-29(13-15-31)11-7-27(37)43-21-22-44-28(38)8-12-30(14-16-32)10-6-26(36)42-20-18-40-24(34)4-2/h3-4,31-32H,1-2,5-22H2. The molecule has 0 aliphatic carbocycles. The molecule has 0 aliphatic heterocycles. The van der Waals surface area contributed by atoms with Crippen LogP contribution in [0.1, 0.15) is 25.7 Å². The quantitative estimate of drug-likeness (QED) is 0.0470. The molecule has 0 saturated heterocycles. The maximum Gasteiger partial charge on any atom is 0.330 e. The van der Waals surface area contributed by atoms with Gasteiger partial charge in [0.25, 0.3) is 0 Å². The molecule has 0 amide bonds. The van der Waals surface area contributed by atoms with Crippen molar-refractivity contribution in [3.63, 3.8) is 0 Å². The van der Waals surface area contributed by atoms with Crippen LogP contribution in [0.15, 0.2) is 25.3 Å². The van der Waals surface area contributed by atoms with Crippen LogP contribution in [0.2, 0.25) is 0 Å². The van der Waals surface area contributed by atoms with Crippen molar-refractivity contribution in [1.29, 1.82) is 0 Å². The van der Waals surface area contributed by atoms with Crippen LogP contribution >= 0.6 is 0 Å². The lowest BCUT2D eigenvalue weighted by molar-refractivity contribution is -0.153. The molecule has 0 heterocycles. The van der Waals surface area contributed by atoms with Crippen LogP contribution in [0, 0.1) is 0 Å². The zero-order valence-corrected chi connectivity index (χ0v) is 25.0. The van der Waals surface area contributed by atoms with Crippen LogP contribution in [0.4, 0.5) is 0 Å². The maximum atomic E-state index is 12.0. The summed E-state index contributed by atoms with van der Waals surface area (Å²) in [4.78, 5) is 73.0. The largest absolute Gasteiger partial charge is 0.462 e. The number of ether oxygens (including phenoxy) is 6. The summed E-state index contributed by atoms with van der Waals surface area (Å²) in [5, 5.41) is 18.5. The normalized spacial score (nSPS) is 10.5. The Hall–Kier alpha value is -3.86. The number of nitrogens with zero attached hydrogens (tertiary/aromatic N) is 2. The molecule has 0 aromatic carbocycles. The number of hydrogen-bond acceptors (Lipinski definition) is 16. The fraction of sp³-hybridized carbons (Fsp3) is 0.643.